The number of anilines is 1. The van der Waals surface area contributed by atoms with E-state index in [1.807, 2.05) is 0 Å². The molecule has 0 spiro atoms. The molecule has 0 atom stereocenters. The fraction of sp³-hybridized carbons (Fsp3) is 0.222. The van der Waals surface area contributed by atoms with Crippen LogP contribution < -0.4 is 11.5 Å². The van der Waals surface area contributed by atoms with E-state index >= 15 is 0 Å². The minimum atomic E-state index is -4.62. The van der Waals surface area contributed by atoms with Crippen molar-refractivity contribution in [1.29, 1.82) is 0 Å². The van der Waals surface area contributed by atoms with Gasteiger partial charge in [0, 0.05) is 0 Å². The molecule has 18 heavy (non-hydrogen) atoms. The van der Waals surface area contributed by atoms with Crippen molar-refractivity contribution in [3.8, 4) is 0 Å². The van der Waals surface area contributed by atoms with Crippen LogP contribution in [0.2, 0.25) is 0 Å². The third-order valence-electron chi connectivity index (χ3n) is 2.00. The highest BCUT2D eigenvalue weighted by atomic mass is 32.2. The molecule has 1 aromatic rings. The molecular weight excluding hydrogens is 273 g/mol. The Hall–Kier alpha value is -1.77. The number of amides is 1. The fourth-order valence-corrected chi connectivity index (χ4v) is 2.50. The molecule has 0 saturated heterocycles. The van der Waals surface area contributed by atoms with E-state index in [9.17, 15) is 26.4 Å². The Morgan fingerprint density at radius 2 is 1.83 bits per heavy atom. The second-order valence-electron chi connectivity index (χ2n) is 3.48. The zero-order valence-corrected chi connectivity index (χ0v) is 9.68. The lowest BCUT2D eigenvalue weighted by Crippen LogP contribution is -2.24. The monoisotopic (exact) mass is 282 g/mol. The van der Waals surface area contributed by atoms with Crippen LogP contribution in [-0.2, 0) is 20.8 Å². The molecule has 1 aromatic carbocycles. The van der Waals surface area contributed by atoms with Crippen LogP contribution in [0.1, 0.15) is 5.56 Å². The Morgan fingerprint density at radius 3 is 2.22 bits per heavy atom. The SMILES string of the molecule is NC(=O)CS(=O)(=O)c1ccc(C(F)(F)F)cc1N. The third-order valence-corrected chi connectivity index (χ3v) is 3.71. The van der Waals surface area contributed by atoms with Gasteiger partial charge in [-0.2, -0.15) is 13.2 Å². The molecule has 0 aromatic heterocycles. The number of rotatable bonds is 3. The first-order valence-corrected chi connectivity index (χ1v) is 6.17. The zero-order chi connectivity index (χ0) is 14.1. The zero-order valence-electron chi connectivity index (χ0n) is 8.86. The lowest BCUT2D eigenvalue weighted by Gasteiger charge is -2.10. The van der Waals surface area contributed by atoms with Gasteiger partial charge in [0.1, 0.15) is 5.75 Å². The Bertz CT molecular complexity index is 581. The molecule has 1 rings (SSSR count). The number of nitrogens with two attached hydrogens (primary N) is 2. The maximum Gasteiger partial charge on any atom is 0.416 e. The van der Waals surface area contributed by atoms with Gasteiger partial charge in [0.05, 0.1) is 16.1 Å². The molecule has 5 nitrogen and oxygen atoms in total. The summed E-state index contributed by atoms with van der Waals surface area (Å²) in [6.45, 7) is 0. The molecule has 0 aliphatic heterocycles. The van der Waals surface area contributed by atoms with Gasteiger partial charge >= 0.3 is 6.18 Å². The van der Waals surface area contributed by atoms with Crippen molar-refractivity contribution in [2.24, 2.45) is 5.73 Å². The quantitative estimate of drug-likeness (QED) is 0.790. The number of carbonyl (C=O) groups excluding carboxylic acids is 1. The number of halogens is 3. The van der Waals surface area contributed by atoms with Crippen LogP contribution in [0.15, 0.2) is 23.1 Å². The van der Waals surface area contributed by atoms with Crippen molar-refractivity contribution in [3.63, 3.8) is 0 Å². The van der Waals surface area contributed by atoms with E-state index in [1.165, 1.54) is 0 Å². The van der Waals surface area contributed by atoms with Gasteiger partial charge in [-0.25, -0.2) is 8.42 Å². The van der Waals surface area contributed by atoms with Crippen molar-refractivity contribution >= 4 is 21.4 Å². The first kappa shape index (κ1) is 14.3. The Morgan fingerprint density at radius 1 is 1.28 bits per heavy atom. The molecule has 0 aliphatic rings. The van der Waals surface area contributed by atoms with Crippen LogP contribution in [0.4, 0.5) is 18.9 Å². The molecule has 0 radical (unpaired) electrons. The van der Waals surface area contributed by atoms with Crippen LogP contribution >= 0.6 is 0 Å². The van der Waals surface area contributed by atoms with Gasteiger partial charge in [-0.3, -0.25) is 4.79 Å². The second kappa shape index (κ2) is 4.48. The number of benzene rings is 1. The van der Waals surface area contributed by atoms with Gasteiger partial charge in [-0.05, 0) is 18.2 Å². The smallest absolute Gasteiger partial charge is 0.398 e. The van der Waals surface area contributed by atoms with E-state index in [4.69, 9.17) is 11.5 Å². The van der Waals surface area contributed by atoms with Crippen LogP contribution in [0.25, 0.3) is 0 Å². The van der Waals surface area contributed by atoms with E-state index in [-0.39, 0.29) is 0 Å². The number of carbonyl (C=O) groups is 1. The molecule has 0 unspecified atom stereocenters. The number of nitrogen functional groups attached to an aromatic ring is 1. The van der Waals surface area contributed by atoms with E-state index < -0.39 is 43.8 Å². The van der Waals surface area contributed by atoms with E-state index in [1.54, 1.807) is 0 Å². The highest BCUT2D eigenvalue weighted by molar-refractivity contribution is 7.92. The maximum atomic E-state index is 12.3. The van der Waals surface area contributed by atoms with Gasteiger partial charge in [0.15, 0.2) is 9.84 Å². The molecular formula is C9H9F3N2O3S. The summed E-state index contributed by atoms with van der Waals surface area (Å²) in [4.78, 5) is 10.0. The van der Waals surface area contributed by atoms with E-state index in [2.05, 4.69) is 0 Å². The molecule has 100 valence electrons. The number of hydrogen-bond acceptors (Lipinski definition) is 4. The first-order chi connectivity index (χ1) is 8.04. The average Bonchev–Trinajstić information content (AvgIpc) is 2.13. The summed E-state index contributed by atoms with van der Waals surface area (Å²) in [5, 5.41) is 0. The third kappa shape index (κ3) is 3.13. The molecule has 9 heteroatoms. The number of hydrogen-bond donors (Lipinski definition) is 2. The van der Waals surface area contributed by atoms with Crippen LogP contribution in [0.5, 0.6) is 0 Å². The lowest BCUT2D eigenvalue weighted by atomic mass is 10.2. The summed E-state index contributed by atoms with van der Waals surface area (Å²) in [6, 6.07) is 1.77. The van der Waals surface area contributed by atoms with Gasteiger partial charge < -0.3 is 11.5 Å². The highest BCUT2D eigenvalue weighted by Crippen LogP contribution is 2.32. The van der Waals surface area contributed by atoms with Crippen LogP contribution in [0, 0.1) is 0 Å². The Balaban J connectivity index is 3.26. The lowest BCUT2D eigenvalue weighted by molar-refractivity contribution is -0.137. The Kier molecular flexibility index (Phi) is 3.56. The molecule has 0 fully saturated rings. The van der Waals surface area contributed by atoms with Crippen molar-refractivity contribution in [3.05, 3.63) is 23.8 Å². The minimum Gasteiger partial charge on any atom is -0.398 e. The summed E-state index contributed by atoms with van der Waals surface area (Å²) in [7, 11) is -4.12. The number of primary amides is 1. The summed E-state index contributed by atoms with van der Waals surface area (Å²) in [5.74, 6) is -2.13. The second-order valence-corrected chi connectivity index (χ2v) is 5.43. The number of alkyl halides is 3. The summed E-state index contributed by atoms with van der Waals surface area (Å²) >= 11 is 0. The molecule has 0 bridgehead atoms. The van der Waals surface area contributed by atoms with Gasteiger partial charge in [0.2, 0.25) is 5.91 Å². The van der Waals surface area contributed by atoms with Crippen molar-refractivity contribution in [2.45, 2.75) is 11.1 Å². The predicted molar refractivity (Wildman–Crippen MR) is 57.1 cm³/mol. The standard InChI is InChI=1S/C9H9F3N2O3S/c10-9(11,12)5-1-2-7(6(13)3-5)18(16,17)4-8(14)15/h1-3H,4,13H2,(H2,14,15). The maximum absolute atomic E-state index is 12.3. The molecule has 0 saturated carbocycles. The average molecular weight is 282 g/mol. The van der Waals surface area contributed by atoms with Gasteiger partial charge in [-0.15, -0.1) is 0 Å². The van der Waals surface area contributed by atoms with E-state index in [0.29, 0.717) is 18.2 Å². The summed E-state index contributed by atoms with van der Waals surface area (Å²) < 4.78 is 60.1. The van der Waals surface area contributed by atoms with Crippen molar-refractivity contribution in [2.75, 3.05) is 11.5 Å². The summed E-state index contributed by atoms with van der Waals surface area (Å²) in [5.41, 5.74) is 8.33. The fourth-order valence-electron chi connectivity index (χ4n) is 1.27. The van der Waals surface area contributed by atoms with E-state index in [0.717, 1.165) is 0 Å². The molecule has 1 amide bonds. The van der Waals surface area contributed by atoms with Crippen molar-refractivity contribution < 1.29 is 26.4 Å². The normalized spacial score (nSPS) is 12.4. The van der Waals surface area contributed by atoms with Gasteiger partial charge in [0.25, 0.3) is 0 Å². The largest absolute Gasteiger partial charge is 0.416 e. The number of sulfone groups is 1. The van der Waals surface area contributed by atoms with Gasteiger partial charge in [-0.1, -0.05) is 0 Å². The van der Waals surface area contributed by atoms with Crippen LogP contribution in [-0.4, -0.2) is 20.1 Å². The summed E-state index contributed by atoms with van der Waals surface area (Å²) in [6.07, 6.45) is -4.62. The first-order valence-electron chi connectivity index (χ1n) is 4.52. The van der Waals surface area contributed by atoms with Crippen LogP contribution in [0.3, 0.4) is 0 Å². The minimum absolute atomic E-state index is 0.494. The Labute approximate surface area is 100 Å². The molecule has 4 N–H and O–H groups in total. The molecule has 0 heterocycles. The highest BCUT2D eigenvalue weighted by Gasteiger charge is 2.32. The predicted octanol–water partition coefficient (Wildman–Crippen LogP) is 0.547. The topological polar surface area (TPSA) is 103 Å². The van der Waals surface area contributed by atoms with Crippen molar-refractivity contribution in [1.82, 2.24) is 0 Å². The molecule has 0 aliphatic carbocycles.